The normalized spacial score (nSPS) is 11.1. The number of fused-ring (bicyclic) bond motifs is 1. The zero-order valence-corrected chi connectivity index (χ0v) is 11.9. The van der Waals surface area contributed by atoms with E-state index in [2.05, 4.69) is 15.9 Å². The molecule has 0 unspecified atom stereocenters. The second-order valence-electron chi connectivity index (χ2n) is 3.63. The van der Waals surface area contributed by atoms with Gasteiger partial charge in [-0.15, -0.1) is 0 Å². The largest absolute Gasteiger partial charge is 0.492 e. The van der Waals surface area contributed by atoms with Gasteiger partial charge in [0.05, 0.1) is 20.5 Å². The first-order valence-electron chi connectivity index (χ1n) is 5.31. The van der Waals surface area contributed by atoms with E-state index in [1.165, 1.54) is 26.6 Å². The molecule has 6 heteroatoms. The van der Waals surface area contributed by atoms with Crippen molar-refractivity contribution < 1.29 is 23.8 Å². The molecule has 0 atom stereocenters. The highest BCUT2D eigenvalue weighted by molar-refractivity contribution is 9.10. The summed E-state index contributed by atoms with van der Waals surface area (Å²) in [6, 6.07) is 1.76. The molecule has 2 aromatic rings. The first kappa shape index (κ1) is 13.5. The third-order valence-corrected chi connectivity index (χ3v) is 3.45. The molecule has 1 N–H and O–H groups in total. The van der Waals surface area contributed by atoms with E-state index < -0.39 is 5.97 Å². The Balaban J connectivity index is 2.79. The number of halogens is 1. The summed E-state index contributed by atoms with van der Waals surface area (Å²) < 4.78 is 16.6. The molecule has 0 spiro atoms. The van der Waals surface area contributed by atoms with E-state index in [-0.39, 0.29) is 0 Å². The Morgan fingerprint density at radius 1 is 1.37 bits per heavy atom. The standard InChI is InChI=1S/C13H11BrO5/c1-17-11-7(3-4-9(15)16)10(14)8-5-6-19-12(8)13(11)18-2/h3-6H,1-2H3,(H,15,16)/b4-3-. The van der Waals surface area contributed by atoms with Crippen molar-refractivity contribution in [2.45, 2.75) is 0 Å². The number of rotatable bonds is 4. The number of hydrogen-bond donors (Lipinski definition) is 1. The molecule has 0 aliphatic heterocycles. The smallest absolute Gasteiger partial charge is 0.328 e. The molecule has 100 valence electrons. The number of benzene rings is 1. The molecule has 19 heavy (non-hydrogen) atoms. The number of carbonyl (C=O) groups is 1. The molecule has 1 aromatic carbocycles. The fourth-order valence-corrected chi connectivity index (χ4v) is 2.44. The van der Waals surface area contributed by atoms with Crippen LogP contribution < -0.4 is 9.47 Å². The summed E-state index contributed by atoms with van der Waals surface area (Å²) in [7, 11) is 2.98. The van der Waals surface area contributed by atoms with Gasteiger partial charge in [-0.25, -0.2) is 4.79 Å². The molecule has 0 saturated carbocycles. The monoisotopic (exact) mass is 326 g/mol. The molecule has 2 rings (SSSR count). The molecular formula is C13H11BrO5. The Hall–Kier alpha value is -1.95. The topological polar surface area (TPSA) is 68.9 Å². The predicted octanol–water partition coefficient (Wildman–Crippen LogP) is 3.31. The fourth-order valence-electron chi connectivity index (χ4n) is 1.82. The van der Waals surface area contributed by atoms with Crippen LogP contribution >= 0.6 is 15.9 Å². The number of aliphatic carboxylic acids is 1. The molecule has 0 aliphatic carbocycles. The zero-order valence-electron chi connectivity index (χ0n) is 10.3. The van der Waals surface area contributed by atoms with Crippen LogP contribution in [0.1, 0.15) is 5.56 Å². The van der Waals surface area contributed by atoms with Crippen LogP contribution in [-0.2, 0) is 4.79 Å². The Morgan fingerprint density at radius 2 is 2.05 bits per heavy atom. The summed E-state index contributed by atoms with van der Waals surface area (Å²) >= 11 is 3.43. The summed E-state index contributed by atoms with van der Waals surface area (Å²) in [5.41, 5.74) is 1.12. The van der Waals surface area contributed by atoms with Gasteiger partial charge in [-0.3, -0.25) is 0 Å². The second kappa shape index (κ2) is 5.36. The lowest BCUT2D eigenvalue weighted by molar-refractivity contribution is -0.131. The lowest BCUT2D eigenvalue weighted by Gasteiger charge is -2.13. The lowest BCUT2D eigenvalue weighted by Crippen LogP contribution is -1.96. The van der Waals surface area contributed by atoms with Gasteiger partial charge in [-0.1, -0.05) is 0 Å². The van der Waals surface area contributed by atoms with Gasteiger partial charge < -0.3 is 19.0 Å². The maximum Gasteiger partial charge on any atom is 0.328 e. The number of carboxylic acids is 1. The van der Waals surface area contributed by atoms with Crippen LogP contribution in [0.25, 0.3) is 17.0 Å². The van der Waals surface area contributed by atoms with E-state index in [1.807, 2.05) is 0 Å². The number of furan rings is 1. The molecule has 0 amide bonds. The van der Waals surface area contributed by atoms with Crippen molar-refractivity contribution in [2.24, 2.45) is 0 Å². The fraction of sp³-hybridized carbons (Fsp3) is 0.154. The van der Waals surface area contributed by atoms with Gasteiger partial charge in [-0.2, -0.15) is 0 Å². The maximum atomic E-state index is 10.7. The molecule has 0 saturated heterocycles. The van der Waals surface area contributed by atoms with Crippen molar-refractivity contribution in [2.75, 3.05) is 14.2 Å². The van der Waals surface area contributed by atoms with Crippen molar-refractivity contribution in [1.29, 1.82) is 0 Å². The number of methoxy groups -OCH3 is 2. The van der Waals surface area contributed by atoms with Crippen LogP contribution in [0.4, 0.5) is 0 Å². The van der Waals surface area contributed by atoms with Gasteiger partial charge in [-0.05, 0) is 28.1 Å². The average molecular weight is 327 g/mol. The first-order chi connectivity index (χ1) is 9.10. The number of ether oxygens (including phenoxy) is 2. The Bertz CT molecular complexity index is 657. The number of carboxylic acid groups (broad SMARTS) is 1. The quantitative estimate of drug-likeness (QED) is 0.873. The van der Waals surface area contributed by atoms with E-state index in [0.717, 1.165) is 11.5 Å². The summed E-state index contributed by atoms with van der Waals surface area (Å²) in [6.07, 6.45) is 4.01. The van der Waals surface area contributed by atoms with E-state index in [9.17, 15) is 4.79 Å². The van der Waals surface area contributed by atoms with Crippen LogP contribution in [0.3, 0.4) is 0 Å². The first-order valence-corrected chi connectivity index (χ1v) is 6.11. The molecule has 0 radical (unpaired) electrons. The second-order valence-corrected chi connectivity index (χ2v) is 4.42. The van der Waals surface area contributed by atoms with Crippen molar-refractivity contribution in [3.63, 3.8) is 0 Å². The van der Waals surface area contributed by atoms with Gasteiger partial charge in [0.1, 0.15) is 0 Å². The minimum Gasteiger partial charge on any atom is -0.492 e. The van der Waals surface area contributed by atoms with Gasteiger partial charge >= 0.3 is 5.97 Å². The highest BCUT2D eigenvalue weighted by Gasteiger charge is 2.20. The van der Waals surface area contributed by atoms with Crippen LogP contribution in [0.5, 0.6) is 11.5 Å². The van der Waals surface area contributed by atoms with E-state index in [1.54, 1.807) is 6.07 Å². The highest BCUT2D eigenvalue weighted by Crippen LogP contribution is 2.45. The summed E-state index contributed by atoms with van der Waals surface area (Å²) in [4.78, 5) is 10.7. The number of hydrogen-bond acceptors (Lipinski definition) is 4. The Kier molecular flexibility index (Phi) is 3.80. The Labute approximate surface area is 117 Å². The van der Waals surface area contributed by atoms with Crippen LogP contribution in [0.15, 0.2) is 27.3 Å². The van der Waals surface area contributed by atoms with Crippen LogP contribution in [0.2, 0.25) is 0 Å². The molecule has 1 aromatic heterocycles. The van der Waals surface area contributed by atoms with Crippen molar-refractivity contribution in [1.82, 2.24) is 0 Å². The minimum absolute atomic E-state index is 0.411. The van der Waals surface area contributed by atoms with E-state index in [4.69, 9.17) is 19.0 Å². The average Bonchev–Trinajstić information content (AvgIpc) is 2.86. The SMILES string of the molecule is COc1c(/C=C\C(=O)O)c(Br)c2ccoc2c1OC. The minimum atomic E-state index is -1.04. The molecule has 0 fully saturated rings. The molecular weight excluding hydrogens is 316 g/mol. The lowest BCUT2D eigenvalue weighted by atomic mass is 10.1. The zero-order chi connectivity index (χ0) is 14.0. The molecule has 1 heterocycles. The van der Waals surface area contributed by atoms with Crippen LogP contribution in [0, 0.1) is 0 Å². The van der Waals surface area contributed by atoms with Crippen molar-refractivity contribution in [3.8, 4) is 11.5 Å². The van der Waals surface area contributed by atoms with E-state index in [0.29, 0.717) is 27.1 Å². The van der Waals surface area contributed by atoms with E-state index >= 15 is 0 Å². The summed E-state index contributed by atoms with van der Waals surface area (Å²) in [5, 5.41) is 9.52. The van der Waals surface area contributed by atoms with Crippen molar-refractivity contribution >= 4 is 38.9 Å². The van der Waals surface area contributed by atoms with Gasteiger partial charge in [0.15, 0.2) is 11.3 Å². The third kappa shape index (κ3) is 2.31. The van der Waals surface area contributed by atoms with Crippen molar-refractivity contribution in [3.05, 3.63) is 28.4 Å². The summed E-state index contributed by atoms with van der Waals surface area (Å²) in [5.74, 6) is -0.203. The molecule has 0 aliphatic rings. The predicted molar refractivity (Wildman–Crippen MR) is 73.7 cm³/mol. The third-order valence-electron chi connectivity index (χ3n) is 2.60. The highest BCUT2D eigenvalue weighted by atomic mass is 79.9. The molecule has 0 bridgehead atoms. The molecule has 5 nitrogen and oxygen atoms in total. The summed E-state index contributed by atoms with van der Waals surface area (Å²) in [6.45, 7) is 0. The van der Waals surface area contributed by atoms with Gasteiger partial charge in [0.25, 0.3) is 0 Å². The van der Waals surface area contributed by atoms with Gasteiger partial charge in [0.2, 0.25) is 5.75 Å². The maximum absolute atomic E-state index is 10.7. The van der Waals surface area contributed by atoms with Crippen LogP contribution in [-0.4, -0.2) is 25.3 Å². The van der Waals surface area contributed by atoms with Gasteiger partial charge in [0, 0.05) is 21.5 Å². The Morgan fingerprint density at radius 3 is 2.63 bits per heavy atom.